The monoisotopic (exact) mass is 169 g/mol. The highest BCUT2D eigenvalue weighted by atomic mass is 19.1. The molecule has 0 amide bonds. The molecule has 0 aliphatic heterocycles. The average molecular weight is 169 g/mol. The van der Waals surface area contributed by atoms with E-state index in [-0.39, 0.29) is 11.2 Å². The van der Waals surface area contributed by atoms with Crippen molar-refractivity contribution in [3.63, 3.8) is 0 Å². The van der Waals surface area contributed by atoms with Gasteiger partial charge < -0.3 is 4.57 Å². The van der Waals surface area contributed by atoms with Crippen LogP contribution in [0.1, 0.15) is 32.0 Å². The van der Waals surface area contributed by atoms with Gasteiger partial charge in [-0.15, -0.1) is 0 Å². The third kappa shape index (κ3) is 1.38. The molecule has 0 aliphatic carbocycles. The Balaban J connectivity index is 3.32. The summed E-state index contributed by atoms with van der Waals surface area (Å²) in [6.45, 7) is 8.03. The van der Waals surface area contributed by atoms with Gasteiger partial charge in [-0.3, -0.25) is 0 Å². The third-order valence-corrected chi connectivity index (χ3v) is 2.19. The van der Waals surface area contributed by atoms with Gasteiger partial charge in [-0.1, -0.05) is 20.8 Å². The number of rotatable bonds is 0. The minimum absolute atomic E-state index is 0.0949. The number of nitrogens with zero attached hydrogens (tertiary/aromatic N) is 1. The normalized spacial score (nSPS) is 12.2. The number of hydrogen-bond donors (Lipinski definition) is 0. The zero-order valence-corrected chi connectivity index (χ0v) is 8.40. The molecule has 0 bridgehead atoms. The smallest absolute Gasteiger partial charge is 0.144 e. The van der Waals surface area contributed by atoms with Crippen LogP contribution in [0.3, 0.4) is 0 Å². The van der Waals surface area contributed by atoms with E-state index in [2.05, 4.69) is 0 Å². The summed E-state index contributed by atoms with van der Waals surface area (Å²) in [5, 5.41) is 0. The Morgan fingerprint density at radius 3 is 2.00 bits per heavy atom. The fraction of sp³-hybridized carbons (Fsp3) is 0.600. The summed E-state index contributed by atoms with van der Waals surface area (Å²) in [7, 11) is 1.87. The Hall–Kier alpha value is -0.790. The molecule has 0 N–H and O–H groups in total. The zero-order chi connectivity index (χ0) is 9.52. The first-order valence-corrected chi connectivity index (χ1v) is 4.16. The van der Waals surface area contributed by atoms with Gasteiger partial charge in [-0.25, -0.2) is 4.39 Å². The molecule has 0 aliphatic rings. The van der Waals surface area contributed by atoms with Crippen LogP contribution in [-0.4, -0.2) is 4.57 Å². The first-order valence-electron chi connectivity index (χ1n) is 4.16. The van der Waals surface area contributed by atoms with Crippen molar-refractivity contribution in [1.29, 1.82) is 0 Å². The van der Waals surface area contributed by atoms with E-state index < -0.39 is 0 Å². The quantitative estimate of drug-likeness (QED) is 0.562. The van der Waals surface area contributed by atoms with Crippen LogP contribution in [0.5, 0.6) is 0 Å². The van der Waals surface area contributed by atoms with Crippen molar-refractivity contribution in [1.82, 2.24) is 4.57 Å². The van der Waals surface area contributed by atoms with E-state index in [4.69, 9.17) is 0 Å². The SMILES string of the molecule is Cc1c(C(C)(C)C)c(F)cn1C. The van der Waals surface area contributed by atoms with Crippen LogP contribution in [0.25, 0.3) is 0 Å². The van der Waals surface area contributed by atoms with Crippen LogP contribution in [0.4, 0.5) is 4.39 Å². The molecule has 1 rings (SSSR count). The van der Waals surface area contributed by atoms with Gasteiger partial charge in [-0.05, 0) is 12.3 Å². The Kier molecular flexibility index (Phi) is 2.02. The lowest BCUT2D eigenvalue weighted by Gasteiger charge is -2.18. The van der Waals surface area contributed by atoms with Crippen molar-refractivity contribution in [2.24, 2.45) is 7.05 Å². The fourth-order valence-electron chi connectivity index (χ4n) is 1.58. The molecule has 0 spiro atoms. The molecule has 12 heavy (non-hydrogen) atoms. The van der Waals surface area contributed by atoms with Gasteiger partial charge in [0.15, 0.2) is 0 Å². The molecule has 0 atom stereocenters. The number of aryl methyl sites for hydroxylation is 1. The highest BCUT2D eigenvalue weighted by molar-refractivity contribution is 5.29. The topological polar surface area (TPSA) is 4.93 Å². The second-order valence-electron chi connectivity index (χ2n) is 4.30. The second kappa shape index (κ2) is 2.61. The standard InChI is InChI=1S/C10H16FN/c1-7-9(10(2,3)4)8(11)6-12(7)5/h6H,1-5H3. The molecule has 0 aromatic carbocycles. The summed E-state index contributed by atoms with van der Waals surface area (Å²) in [5.74, 6) is -0.0949. The van der Waals surface area contributed by atoms with Gasteiger partial charge in [0.2, 0.25) is 0 Å². The molecular formula is C10H16FN. The van der Waals surface area contributed by atoms with Gasteiger partial charge >= 0.3 is 0 Å². The minimum Gasteiger partial charge on any atom is -0.352 e. The Bertz CT molecular complexity index is 292. The molecule has 1 aromatic rings. The maximum atomic E-state index is 13.3. The van der Waals surface area contributed by atoms with Crippen molar-refractivity contribution in [2.75, 3.05) is 0 Å². The Morgan fingerprint density at radius 2 is 1.83 bits per heavy atom. The molecule has 0 unspecified atom stereocenters. The molecule has 1 heterocycles. The molecule has 0 radical (unpaired) electrons. The lowest BCUT2D eigenvalue weighted by Crippen LogP contribution is -2.14. The summed E-state index contributed by atoms with van der Waals surface area (Å²) in [5.41, 5.74) is 1.74. The van der Waals surface area contributed by atoms with E-state index in [1.54, 1.807) is 0 Å². The molecule has 2 heteroatoms. The number of hydrogen-bond acceptors (Lipinski definition) is 0. The van der Waals surface area contributed by atoms with Crippen molar-refractivity contribution < 1.29 is 4.39 Å². The van der Waals surface area contributed by atoms with E-state index >= 15 is 0 Å². The fourth-order valence-corrected chi connectivity index (χ4v) is 1.58. The third-order valence-electron chi connectivity index (χ3n) is 2.19. The first kappa shape index (κ1) is 9.30. The maximum absolute atomic E-state index is 13.3. The number of halogens is 1. The van der Waals surface area contributed by atoms with Gasteiger partial charge in [-0.2, -0.15) is 0 Å². The van der Waals surface area contributed by atoms with Crippen LogP contribution in [-0.2, 0) is 12.5 Å². The largest absolute Gasteiger partial charge is 0.352 e. The first-order chi connectivity index (χ1) is 5.34. The van der Waals surface area contributed by atoms with Crippen molar-refractivity contribution >= 4 is 0 Å². The van der Waals surface area contributed by atoms with Gasteiger partial charge in [0.05, 0.1) is 0 Å². The van der Waals surface area contributed by atoms with Crippen LogP contribution >= 0.6 is 0 Å². The van der Waals surface area contributed by atoms with E-state index in [0.29, 0.717) is 0 Å². The predicted molar refractivity (Wildman–Crippen MR) is 48.8 cm³/mol. The molecule has 1 aromatic heterocycles. The molecule has 1 nitrogen and oxygen atoms in total. The van der Waals surface area contributed by atoms with E-state index in [1.807, 2.05) is 39.3 Å². The van der Waals surface area contributed by atoms with Crippen molar-refractivity contribution in [3.8, 4) is 0 Å². The summed E-state index contributed by atoms with van der Waals surface area (Å²) < 4.78 is 15.2. The Morgan fingerprint density at radius 1 is 1.33 bits per heavy atom. The van der Waals surface area contributed by atoms with Gasteiger partial charge in [0.1, 0.15) is 5.82 Å². The van der Waals surface area contributed by atoms with E-state index in [0.717, 1.165) is 11.3 Å². The van der Waals surface area contributed by atoms with E-state index in [9.17, 15) is 4.39 Å². The second-order valence-corrected chi connectivity index (χ2v) is 4.30. The van der Waals surface area contributed by atoms with Crippen LogP contribution in [0, 0.1) is 12.7 Å². The maximum Gasteiger partial charge on any atom is 0.144 e. The highest BCUT2D eigenvalue weighted by Crippen LogP contribution is 2.28. The minimum atomic E-state index is -0.102. The van der Waals surface area contributed by atoms with Gasteiger partial charge in [0.25, 0.3) is 0 Å². The van der Waals surface area contributed by atoms with Crippen molar-refractivity contribution in [3.05, 3.63) is 23.3 Å². The molecule has 0 saturated heterocycles. The summed E-state index contributed by atoms with van der Waals surface area (Å²) in [4.78, 5) is 0. The van der Waals surface area contributed by atoms with Crippen LogP contribution in [0.15, 0.2) is 6.20 Å². The zero-order valence-electron chi connectivity index (χ0n) is 8.40. The molecule has 68 valence electrons. The van der Waals surface area contributed by atoms with Crippen molar-refractivity contribution in [2.45, 2.75) is 33.1 Å². The lowest BCUT2D eigenvalue weighted by atomic mass is 9.87. The van der Waals surface area contributed by atoms with E-state index in [1.165, 1.54) is 6.20 Å². The molecule has 0 fully saturated rings. The number of aromatic nitrogens is 1. The molecule has 0 saturated carbocycles. The summed E-state index contributed by atoms with van der Waals surface area (Å²) >= 11 is 0. The Labute approximate surface area is 73.2 Å². The van der Waals surface area contributed by atoms with Gasteiger partial charge in [0, 0.05) is 24.5 Å². The summed E-state index contributed by atoms with van der Waals surface area (Å²) in [6.07, 6.45) is 1.54. The lowest BCUT2D eigenvalue weighted by molar-refractivity contribution is 0.525. The predicted octanol–water partition coefficient (Wildman–Crippen LogP) is 2.77. The van der Waals surface area contributed by atoms with Crippen LogP contribution < -0.4 is 0 Å². The van der Waals surface area contributed by atoms with Crippen LogP contribution in [0.2, 0.25) is 0 Å². The average Bonchev–Trinajstić information content (AvgIpc) is 2.05. The molecular weight excluding hydrogens is 153 g/mol. The highest BCUT2D eigenvalue weighted by Gasteiger charge is 2.23. The summed E-state index contributed by atoms with van der Waals surface area (Å²) in [6, 6.07) is 0.